The van der Waals surface area contributed by atoms with Crippen LogP contribution in [-0.2, 0) is 11.3 Å². The van der Waals surface area contributed by atoms with E-state index in [1.807, 2.05) is 82.3 Å². The van der Waals surface area contributed by atoms with Gasteiger partial charge in [0.2, 0.25) is 5.91 Å². The molecule has 0 saturated heterocycles. The molecule has 6 heteroatoms. The quantitative estimate of drug-likeness (QED) is 0.459. The lowest BCUT2D eigenvalue weighted by molar-refractivity contribution is -0.127. The van der Waals surface area contributed by atoms with Gasteiger partial charge in [0.25, 0.3) is 5.91 Å². The van der Waals surface area contributed by atoms with Crippen LogP contribution in [0.15, 0.2) is 72.8 Å². The van der Waals surface area contributed by atoms with E-state index in [-0.39, 0.29) is 18.4 Å². The Balaban J connectivity index is 1.79. The molecule has 1 aliphatic heterocycles. The molecular weight excluding hydrogens is 452 g/mol. The van der Waals surface area contributed by atoms with Gasteiger partial charge in [-0.15, -0.1) is 0 Å². The van der Waals surface area contributed by atoms with Gasteiger partial charge in [-0.05, 0) is 56.5 Å². The number of carbonyl (C=O) groups is 2. The number of aryl methyl sites for hydroxylation is 1. The first-order valence-corrected chi connectivity index (χ1v) is 12.4. The maximum atomic E-state index is 14.1. The molecule has 1 heterocycles. The molecule has 0 radical (unpaired) electrons. The maximum Gasteiger partial charge on any atom is 0.255 e. The van der Waals surface area contributed by atoms with Crippen molar-refractivity contribution in [1.29, 1.82) is 0 Å². The third-order valence-electron chi connectivity index (χ3n) is 6.54. The van der Waals surface area contributed by atoms with E-state index in [1.165, 1.54) is 0 Å². The van der Waals surface area contributed by atoms with Crippen LogP contribution in [0.2, 0.25) is 0 Å². The zero-order valence-electron chi connectivity index (χ0n) is 21.4. The number of hydrogen-bond donors (Lipinski definition) is 1. The largest absolute Gasteiger partial charge is 0.486 e. The van der Waals surface area contributed by atoms with Crippen LogP contribution in [-0.4, -0.2) is 35.5 Å². The molecule has 0 fully saturated rings. The van der Waals surface area contributed by atoms with Crippen molar-refractivity contribution in [2.45, 2.75) is 52.2 Å². The molecule has 36 heavy (non-hydrogen) atoms. The Labute approximate surface area is 213 Å². The molecule has 6 nitrogen and oxygen atoms in total. The smallest absolute Gasteiger partial charge is 0.255 e. The van der Waals surface area contributed by atoms with Crippen LogP contribution in [0.4, 0.5) is 0 Å². The van der Waals surface area contributed by atoms with Gasteiger partial charge in [-0.3, -0.25) is 9.59 Å². The molecule has 0 spiro atoms. The fourth-order valence-corrected chi connectivity index (χ4v) is 4.11. The average Bonchev–Trinajstić information content (AvgIpc) is 2.89. The SMILES string of the molecule is CCC(C)(C)NC(=O)[C@H](c1ccc(C)cc1)N(Cc1ccccc1)C(=O)c1ccc2c(c1)OCCO2. The van der Waals surface area contributed by atoms with Crippen LogP contribution in [0.25, 0.3) is 0 Å². The highest BCUT2D eigenvalue weighted by molar-refractivity contribution is 5.98. The van der Waals surface area contributed by atoms with Crippen molar-refractivity contribution in [3.8, 4) is 11.5 Å². The molecule has 0 aromatic heterocycles. The minimum absolute atomic E-state index is 0.215. The van der Waals surface area contributed by atoms with Crippen LogP contribution in [0.3, 0.4) is 0 Å². The minimum atomic E-state index is -0.822. The van der Waals surface area contributed by atoms with Crippen LogP contribution in [0, 0.1) is 6.92 Å². The van der Waals surface area contributed by atoms with Crippen LogP contribution in [0.1, 0.15) is 60.3 Å². The Bertz CT molecular complexity index is 1210. The van der Waals surface area contributed by atoms with Crippen molar-refractivity contribution in [2.24, 2.45) is 0 Å². The first-order valence-electron chi connectivity index (χ1n) is 12.4. The highest BCUT2D eigenvalue weighted by Crippen LogP contribution is 2.33. The van der Waals surface area contributed by atoms with Gasteiger partial charge in [-0.2, -0.15) is 0 Å². The van der Waals surface area contributed by atoms with E-state index in [9.17, 15) is 9.59 Å². The summed E-state index contributed by atoms with van der Waals surface area (Å²) in [5.74, 6) is 0.679. The van der Waals surface area contributed by atoms with Crippen molar-refractivity contribution < 1.29 is 19.1 Å². The molecule has 0 saturated carbocycles. The van der Waals surface area contributed by atoms with Gasteiger partial charge < -0.3 is 19.7 Å². The summed E-state index contributed by atoms with van der Waals surface area (Å²) in [4.78, 5) is 29.6. The summed E-state index contributed by atoms with van der Waals surface area (Å²) < 4.78 is 11.4. The molecule has 0 aliphatic carbocycles. The summed E-state index contributed by atoms with van der Waals surface area (Å²) in [6.07, 6.45) is 0.758. The Morgan fingerprint density at radius 3 is 2.28 bits per heavy atom. The van der Waals surface area contributed by atoms with Crippen molar-refractivity contribution in [1.82, 2.24) is 10.2 Å². The van der Waals surface area contributed by atoms with E-state index in [4.69, 9.17) is 9.47 Å². The zero-order chi connectivity index (χ0) is 25.7. The highest BCUT2D eigenvalue weighted by Gasteiger charge is 2.35. The predicted molar refractivity (Wildman–Crippen MR) is 140 cm³/mol. The lowest BCUT2D eigenvalue weighted by atomic mass is 9.97. The normalized spacial score (nSPS) is 13.6. The van der Waals surface area contributed by atoms with Crippen molar-refractivity contribution in [3.63, 3.8) is 0 Å². The molecule has 3 aromatic carbocycles. The Morgan fingerprint density at radius 2 is 1.61 bits per heavy atom. The van der Waals surface area contributed by atoms with Crippen molar-refractivity contribution >= 4 is 11.8 Å². The first-order chi connectivity index (χ1) is 17.3. The minimum Gasteiger partial charge on any atom is -0.486 e. The van der Waals surface area contributed by atoms with Crippen molar-refractivity contribution in [3.05, 3.63) is 95.1 Å². The number of carbonyl (C=O) groups excluding carboxylic acids is 2. The van der Waals surface area contributed by atoms with Gasteiger partial charge in [0, 0.05) is 17.6 Å². The summed E-state index contributed by atoms with van der Waals surface area (Å²) in [6, 6.07) is 21.9. The number of amides is 2. The van der Waals surface area contributed by atoms with E-state index in [0.29, 0.717) is 30.3 Å². The lowest BCUT2D eigenvalue weighted by Crippen LogP contribution is -2.50. The number of benzene rings is 3. The van der Waals surface area contributed by atoms with Gasteiger partial charge in [-0.25, -0.2) is 0 Å². The number of nitrogens with one attached hydrogen (secondary N) is 1. The van der Waals surface area contributed by atoms with E-state index in [0.717, 1.165) is 23.1 Å². The molecule has 1 aliphatic rings. The lowest BCUT2D eigenvalue weighted by Gasteiger charge is -2.35. The molecule has 0 bridgehead atoms. The molecule has 1 N–H and O–H groups in total. The van der Waals surface area contributed by atoms with Gasteiger partial charge in [0.05, 0.1) is 0 Å². The summed E-state index contributed by atoms with van der Waals surface area (Å²) in [7, 11) is 0. The van der Waals surface area contributed by atoms with Gasteiger partial charge in [0.15, 0.2) is 11.5 Å². The zero-order valence-corrected chi connectivity index (χ0v) is 21.4. The second kappa shape index (κ2) is 10.9. The van der Waals surface area contributed by atoms with E-state index < -0.39 is 11.6 Å². The number of rotatable bonds is 8. The fraction of sp³-hybridized carbons (Fsp3) is 0.333. The van der Waals surface area contributed by atoms with E-state index in [1.54, 1.807) is 23.1 Å². The summed E-state index contributed by atoms with van der Waals surface area (Å²) in [5.41, 5.74) is 2.79. The van der Waals surface area contributed by atoms with Crippen LogP contribution < -0.4 is 14.8 Å². The highest BCUT2D eigenvalue weighted by atomic mass is 16.6. The summed E-state index contributed by atoms with van der Waals surface area (Å²) in [5, 5.41) is 3.16. The predicted octanol–water partition coefficient (Wildman–Crippen LogP) is 5.45. The maximum absolute atomic E-state index is 14.1. The third kappa shape index (κ3) is 5.88. The standard InChI is InChI=1S/C30H34N2O4/c1-5-30(3,4)31-28(33)27(23-13-11-21(2)12-14-23)32(20-22-9-7-6-8-10-22)29(34)24-15-16-25-26(19-24)36-18-17-35-25/h6-16,19,27H,5,17-18,20H2,1-4H3,(H,31,33)/t27-/m0/s1. The first kappa shape index (κ1) is 25.3. The number of ether oxygens (including phenoxy) is 2. The second-order valence-corrected chi connectivity index (χ2v) is 9.82. The van der Waals surface area contributed by atoms with E-state index >= 15 is 0 Å². The van der Waals surface area contributed by atoms with Crippen LogP contribution in [0.5, 0.6) is 11.5 Å². The van der Waals surface area contributed by atoms with Gasteiger partial charge in [-0.1, -0.05) is 67.1 Å². The summed E-state index contributed by atoms with van der Waals surface area (Å²) >= 11 is 0. The van der Waals surface area contributed by atoms with Gasteiger partial charge in [0.1, 0.15) is 19.3 Å². The fourth-order valence-electron chi connectivity index (χ4n) is 4.11. The molecule has 1 atom stereocenters. The Hall–Kier alpha value is -3.80. The number of nitrogens with zero attached hydrogens (tertiary/aromatic N) is 1. The molecule has 3 aromatic rings. The number of fused-ring (bicyclic) bond motifs is 1. The van der Waals surface area contributed by atoms with Gasteiger partial charge >= 0.3 is 0 Å². The average molecular weight is 487 g/mol. The molecule has 4 rings (SSSR count). The molecule has 2 amide bonds. The van der Waals surface area contributed by atoms with Crippen molar-refractivity contribution in [2.75, 3.05) is 13.2 Å². The summed E-state index contributed by atoms with van der Waals surface area (Å²) in [6.45, 7) is 9.18. The molecular formula is C30H34N2O4. The second-order valence-electron chi connectivity index (χ2n) is 9.82. The molecule has 188 valence electrons. The third-order valence-corrected chi connectivity index (χ3v) is 6.54. The Kier molecular flexibility index (Phi) is 7.63. The molecule has 0 unspecified atom stereocenters. The van der Waals surface area contributed by atoms with E-state index in [2.05, 4.69) is 5.32 Å². The monoisotopic (exact) mass is 486 g/mol. The number of hydrogen-bond acceptors (Lipinski definition) is 4. The Morgan fingerprint density at radius 1 is 0.944 bits per heavy atom. The van der Waals surface area contributed by atoms with Crippen LogP contribution >= 0.6 is 0 Å². The topological polar surface area (TPSA) is 67.9 Å².